The molecule has 0 bridgehead atoms. The molecule has 1 saturated heterocycles. The lowest BCUT2D eigenvalue weighted by Gasteiger charge is -2.32. The Hall–Kier alpha value is -2.21. The number of nitrogens with zero attached hydrogens (tertiary/aromatic N) is 2. The Balaban J connectivity index is 1.79. The summed E-state index contributed by atoms with van der Waals surface area (Å²) in [5.74, 6) is -0.861. The number of aliphatic hydroxyl groups is 1. The number of hydrogen-bond acceptors (Lipinski definition) is 4. The number of benzene rings is 1. The highest BCUT2D eigenvalue weighted by Crippen LogP contribution is 2.30. The number of rotatable bonds is 6. The van der Waals surface area contributed by atoms with Gasteiger partial charge in [0, 0.05) is 25.0 Å². The van der Waals surface area contributed by atoms with E-state index in [1.807, 2.05) is 12.1 Å². The third-order valence-electron chi connectivity index (χ3n) is 4.65. The van der Waals surface area contributed by atoms with Gasteiger partial charge in [0.25, 0.3) is 5.91 Å². The molecular weight excluding hydrogens is 308 g/mol. The standard InChI is InChI=1S/C18H22N2O4/c21-11-3-1-2-6-13-7-4-8-14-15(13)12-19(18(14)24)20-16(22)9-5-10-17(20)23/h4,7-8,21H,1-3,5-6,9-12H2. The van der Waals surface area contributed by atoms with E-state index in [0.717, 1.165) is 41.8 Å². The monoisotopic (exact) mass is 330 g/mol. The molecule has 3 amide bonds. The van der Waals surface area contributed by atoms with E-state index in [4.69, 9.17) is 5.11 Å². The van der Waals surface area contributed by atoms with Crippen LogP contribution in [0.5, 0.6) is 0 Å². The van der Waals surface area contributed by atoms with E-state index < -0.39 is 0 Å². The number of fused-ring (bicyclic) bond motifs is 1. The maximum Gasteiger partial charge on any atom is 0.273 e. The van der Waals surface area contributed by atoms with Crippen LogP contribution >= 0.6 is 0 Å². The van der Waals surface area contributed by atoms with E-state index in [9.17, 15) is 14.4 Å². The van der Waals surface area contributed by atoms with Gasteiger partial charge < -0.3 is 5.11 Å². The predicted molar refractivity (Wildman–Crippen MR) is 86.7 cm³/mol. The lowest BCUT2D eigenvalue weighted by molar-refractivity contribution is -0.163. The van der Waals surface area contributed by atoms with Crippen molar-refractivity contribution >= 4 is 17.7 Å². The highest BCUT2D eigenvalue weighted by molar-refractivity contribution is 6.04. The fourth-order valence-electron chi connectivity index (χ4n) is 3.39. The second-order valence-electron chi connectivity index (χ2n) is 6.29. The van der Waals surface area contributed by atoms with Crippen LogP contribution in [0.1, 0.15) is 60.0 Å². The van der Waals surface area contributed by atoms with Crippen LogP contribution in [0.25, 0.3) is 0 Å². The molecule has 0 saturated carbocycles. The van der Waals surface area contributed by atoms with Crippen LogP contribution < -0.4 is 0 Å². The third-order valence-corrected chi connectivity index (χ3v) is 4.65. The van der Waals surface area contributed by atoms with Crippen molar-refractivity contribution in [1.29, 1.82) is 0 Å². The second-order valence-corrected chi connectivity index (χ2v) is 6.29. The zero-order valence-corrected chi connectivity index (χ0v) is 13.7. The minimum atomic E-state index is -0.295. The van der Waals surface area contributed by atoms with Gasteiger partial charge in [-0.25, -0.2) is 5.01 Å². The largest absolute Gasteiger partial charge is 0.396 e. The Morgan fingerprint density at radius 3 is 2.46 bits per heavy atom. The molecule has 1 fully saturated rings. The van der Waals surface area contributed by atoms with Gasteiger partial charge in [0.2, 0.25) is 11.8 Å². The summed E-state index contributed by atoms with van der Waals surface area (Å²) in [7, 11) is 0. The van der Waals surface area contributed by atoms with Gasteiger partial charge in [-0.3, -0.25) is 14.4 Å². The van der Waals surface area contributed by atoms with Gasteiger partial charge >= 0.3 is 0 Å². The average Bonchev–Trinajstić information content (AvgIpc) is 2.89. The molecule has 1 aromatic carbocycles. The first kappa shape index (κ1) is 16.6. The Labute approximate surface area is 141 Å². The van der Waals surface area contributed by atoms with Crippen molar-refractivity contribution in [2.75, 3.05) is 6.61 Å². The van der Waals surface area contributed by atoms with Crippen molar-refractivity contribution in [3.05, 3.63) is 34.9 Å². The van der Waals surface area contributed by atoms with Gasteiger partial charge in [-0.05, 0) is 42.9 Å². The lowest BCUT2D eigenvalue weighted by atomic mass is 9.98. The van der Waals surface area contributed by atoms with Gasteiger partial charge in [-0.2, -0.15) is 5.01 Å². The molecule has 1 N–H and O–H groups in total. The average molecular weight is 330 g/mol. The smallest absolute Gasteiger partial charge is 0.273 e. The van der Waals surface area contributed by atoms with E-state index in [1.54, 1.807) is 6.07 Å². The maximum atomic E-state index is 12.7. The number of carbonyl (C=O) groups excluding carboxylic acids is 3. The summed E-state index contributed by atoms with van der Waals surface area (Å²) in [6, 6.07) is 5.60. The predicted octanol–water partition coefficient (Wildman–Crippen LogP) is 1.80. The van der Waals surface area contributed by atoms with E-state index in [-0.39, 0.29) is 30.9 Å². The van der Waals surface area contributed by atoms with Crippen LogP contribution in [-0.4, -0.2) is 39.5 Å². The van der Waals surface area contributed by atoms with E-state index in [2.05, 4.69) is 0 Å². The summed E-state index contributed by atoms with van der Waals surface area (Å²) >= 11 is 0. The first-order chi connectivity index (χ1) is 11.6. The zero-order valence-electron chi connectivity index (χ0n) is 13.7. The molecule has 1 aromatic rings. The molecule has 24 heavy (non-hydrogen) atoms. The first-order valence-electron chi connectivity index (χ1n) is 8.52. The lowest BCUT2D eigenvalue weighted by Crippen LogP contribution is -2.52. The van der Waals surface area contributed by atoms with Crippen LogP contribution in [0, 0.1) is 0 Å². The van der Waals surface area contributed by atoms with Crippen molar-refractivity contribution in [3.8, 4) is 0 Å². The molecule has 128 valence electrons. The number of imide groups is 1. The fraction of sp³-hybridized carbons (Fsp3) is 0.500. The number of aliphatic hydroxyl groups excluding tert-OH is 1. The molecule has 0 spiro atoms. The number of unbranched alkanes of at least 4 members (excludes halogenated alkanes) is 2. The normalized spacial score (nSPS) is 17.6. The Kier molecular flexibility index (Phi) is 4.94. The maximum absolute atomic E-state index is 12.7. The van der Waals surface area contributed by atoms with Crippen LogP contribution in [0.3, 0.4) is 0 Å². The van der Waals surface area contributed by atoms with E-state index in [1.165, 1.54) is 5.01 Å². The molecule has 0 radical (unpaired) electrons. The summed E-state index contributed by atoms with van der Waals surface area (Å²) in [5, 5.41) is 11.2. The van der Waals surface area contributed by atoms with Crippen molar-refractivity contribution in [1.82, 2.24) is 10.0 Å². The molecule has 2 aliphatic heterocycles. The highest BCUT2D eigenvalue weighted by Gasteiger charge is 2.39. The molecule has 6 heteroatoms. The van der Waals surface area contributed by atoms with E-state index >= 15 is 0 Å². The van der Waals surface area contributed by atoms with Crippen LogP contribution in [0.2, 0.25) is 0 Å². The second kappa shape index (κ2) is 7.13. The first-order valence-corrected chi connectivity index (χ1v) is 8.52. The van der Waals surface area contributed by atoms with Gasteiger partial charge in [0.1, 0.15) is 0 Å². The number of piperidine rings is 1. The molecule has 3 rings (SSSR count). The van der Waals surface area contributed by atoms with Crippen molar-refractivity contribution in [2.45, 2.75) is 51.5 Å². The minimum Gasteiger partial charge on any atom is -0.396 e. The van der Waals surface area contributed by atoms with Gasteiger partial charge in [-0.1, -0.05) is 18.6 Å². The molecule has 0 atom stereocenters. The molecule has 6 nitrogen and oxygen atoms in total. The quantitative estimate of drug-likeness (QED) is 0.637. The Bertz CT molecular complexity index is 655. The highest BCUT2D eigenvalue weighted by atomic mass is 16.3. The van der Waals surface area contributed by atoms with Crippen molar-refractivity contribution in [2.24, 2.45) is 0 Å². The van der Waals surface area contributed by atoms with Crippen LogP contribution in [0.15, 0.2) is 18.2 Å². The van der Waals surface area contributed by atoms with Crippen LogP contribution in [0.4, 0.5) is 0 Å². The summed E-state index contributed by atoms with van der Waals surface area (Å²) in [4.78, 5) is 36.9. The number of aryl methyl sites for hydroxylation is 1. The van der Waals surface area contributed by atoms with Crippen molar-refractivity contribution < 1.29 is 19.5 Å². The van der Waals surface area contributed by atoms with Crippen molar-refractivity contribution in [3.63, 3.8) is 0 Å². The molecule has 0 aromatic heterocycles. The van der Waals surface area contributed by atoms with E-state index in [0.29, 0.717) is 24.8 Å². The molecule has 2 heterocycles. The number of hydrazine groups is 1. The van der Waals surface area contributed by atoms with Gasteiger partial charge in [0.15, 0.2) is 0 Å². The molecular formula is C18H22N2O4. The van der Waals surface area contributed by atoms with Crippen LogP contribution in [-0.2, 0) is 22.6 Å². The summed E-state index contributed by atoms with van der Waals surface area (Å²) in [6.07, 6.45) is 4.63. The molecule has 0 unspecified atom stereocenters. The summed E-state index contributed by atoms with van der Waals surface area (Å²) < 4.78 is 0. The third kappa shape index (κ3) is 3.06. The topological polar surface area (TPSA) is 77.9 Å². The molecule has 0 aliphatic carbocycles. The fourth-order valence-corrected chi connectivity index (χ4v) is 3.39. The minimum absolute atomic E-state index is 0.193. The molecule has 2 aliphatic rings. The zero-order chi connectivity index (χ0) is 17.1. The number of hydrogen-bond donors (Lipinski definition) is 1. The Morgan fingerprint density at radius 1 is 1.00 bits per heavy atom. The summed E-state index contributed by atoms with van der Waals surface area (Å²) in [6.45, 7) is 0.472. The van der Waals surface area contributed by atoms with Gasteiger partial charge in [-0.15, -0.1) is 0 Å². The summed E-state index contributed by atoms with van der Waals surface area (Å²) in [5.41, 5.74) is 2.58. The SMILES string of the molecule is O=C1c2cccc(CCCCCO)c2CN1N1C(=O)CCCC1=O. The van der Waals surface area contributed by atoms with Gasteiger partial charge in [0.05, 0.1) is 6.54 Å². The number of amides is 3. The number of carbonyl (C=O) groups is 3. The Morgan fingerprint density at radius 2 is 1.75 bits per heavy atom.